The minimum absolute atomic E-state index is 0.0196. The summed E-state index contributed by atoms with van der Waals surface area (Å²) in [4.78, 5) is 63.3. The number of para-hydroxylation sites is 1. The van der Waals surface area contributed by atoms with E-state index in [-0.39, 0.29) is 91.8 Å². The molecule has 2 fully saturated rings. The molecular formula is C81H78F10N6O6S2. The number of pyridine rings is 2. The summed E-state index contributed by atoms with van der Waals surface area (Å²) >= 11 is 0.233. The Morgan fingerprint density at radius 1 is 0.524 bits per heavy atom. The number of halogens is 10. The van der Waals surface area contributed by atoms with Crippen LogP contribution in [0.3, 0.4) is 0 Å². The zero-order valence-electron chi connectivity index (χ0n) is 79.0. The van der Waals surface area contributed by atoms with Crippen molar-refractivity contribution in [2.75, 3.05) is 66.6 Å². The topological polar surface area (TPSA) is 110 Å². The normalized spacial score (nSPS) is 17.9. The van der Waals surface area contributed by atoms with Crippen LogP contribution < -0.4 is 10.9 Å². The number of piperidine rings is 2. The zero-order valence-corrected chi connectivity index (χ0v) is 57.7. The van der Waals surface area contributed by atoms with Crippen LogP contribution in [0.4, 0.5) is 43.9 Å². The number of carbonyl (C=O) groups excluding carboxylic acids is 2. The van der Waals surface area contributed by atoms with Crippen molar-refractivity contribution in [3.05, 3.63) is 270 Å². The largest absolute Gasteiger partial charge is 0.416 e. The summed E-state index contributed by atoms with van der Waals surface area (Å²) in [6.45, 7) is -4.26. The Bertz CT molecular complexity index is 6040. The van der Waals surface area contributed by atoms with Crippen molar-refractivity contribution in [1.29, 1.82) is 0 Å². The van der Waals surface area contributed by atoms with Crippen LogP contribution in [-0.4, -0.2) is 119 Å². The van der Waals surface area contributed by atoms with E-state index >= 15 is 9.18 Å². The lowest BCUT2D eigenvalue weighted by molar-refractivity contribution is -0.138. The highest BCUT2D eigenvalue weighted by molar-refractivity contribution is 7.98. The fourth-order valence-electron chi connectivity index (χ4n) is 11.7. The Morgan fingerprint density at radius 2 is 1.05 bits per heavy atom. The second kappa shape index (κ2) is 34.9. The van der Waals surface area contributed by atoms with Crippen LogP contribution >= 0.6 is 23.5 Å². The van der Waals surface area contributed by atoms with E-state index in [0.717, 1.165) is 41.8 Å². The van der Waals surface area contributed by atoms with Gasteiger partial charge in [0, 0.05) is 130 Å². The van der Waals surface area contributed by atoms with Gasteiger partial charge in [0.2, 0.25) is 11.8 Å². The lowest BCUT2D eigenvalue weighted by Crippen LogP contribution is -2.48. The summed E-state index contributed by atoms with van der Waals surface area (Å²) in [5.41, 5.74) is -13.6. The lowest BCUT2D eigenvalue weighted by atomic mass is 10.00. The monoisotopic (exact) mass is 1510 g/mol. The van der Waals surface area contributed by atoms with Crippen LogP contribution in [0.5, 0.6) is 0 Å². The predicted molar refractivity (Wildman–Crippen MR) is 391 cm³/mol. The zero-order chi connectivity index (χ0) is 94.8. The van der Waals surface area contributed by atoms with Gasteiger partial charge in [0.15, 0.2) is 34.1 Å². The third-order valence-corrected chi connectivity index (χ3v) is 18.9. The molecule has 10 aromatic rings. The summed E-state index contributed by atoms with van der Waals surface area (Å²) in [7, 11) is 2.43. The molecule has 0 unspecified atom stereocenters. The van der Waals surface area contributed by atoms with E-state index in [1.165, 1.54) is 42.9 Å². The fraction of sp³-hybridized carbons (Fsp3) is 0.309. The third kappa shape index (κ3) is 19.5. The number of likely N-dealkylation sites (tertiary alicyclic amines) is 2. The number of methoxy groups -OCH3 is 2. The maximum atomic E-state index is 15.5. The number of benzene rings is 8. The van der Waals surface area contributed by atoms with E-state index in [1.54, 1.807) is 58.3 Å². The molecule has 0 N–H and O–H groups in total. The average molecular weight is 1510 g/mol. The minimum Gasteiger partial charge on any atom is -0.383 e. The molecule has 0 bridgehead atoms. The van der Waals surface area contributed by atoms with Crippen molar-refractivity contribution in [3.63, 3.8) is 0 Å². The van der Waals surface area contributed by atoms with E-state index in [2.05, 4.69) is 0 Å². The first kappa shape index (κ1) is 52.0. The quantitative estimate of drug-likeness (QED) is 0.0428. The van der Waals surface area contributed by atoms with Gasteiger partial charge in [-0.25, -0.2) is 17.6 Å². The molecule has 2 aliphatic rings. The Labute approximate surface area is 642 Å². The molecule has 24 heteroatoms. The standard InChI is InChI=1S/C41H40F5N3O3S.C40H38F5N3O3S/c1-27-6-15-36-34(22-27)37(50)23-39(53-26-31-4-3-5-35(42)40(31)43)49(36)25-38(51)48(33-16-18-47(19-17-33)20-21-52-2)24-28-7-9-29(10-8-28)30-11-13-32(14-12-30)41(44,45)46;1-51-22-21-46-19-17-32(18-20-46)47(24-27-9-11-28(12-10-27)29-13-15-31(16-14-29)40(43,44)45)37(50)25-48-35-8-3-2-6-33(35)36(49)23-38(48)52-26-30-5-4-7-34(41)39(30)42/h3-15,22-23,33H,16-21,24-26H2,1-2H3;2-16,23,32H,17-22,24-26H2,1H3/i3D,4D,5D,6D,7D,8D,9D,10D,11D,12D,13D,14D,15D,21D2,22D,23D,26D2;22D2,26D2. The average Bonchev–Trinajstić information content (AvgIpc) is 0.722. The predicted octanol–water partition coefficient (Wildman–Crippen LogP) is 17.1. The van der Waals surface area contributed by atoms with Gasteiger partial charge in [0.25, 0.3) is 0 Å². The van der Waals surface area contributed by atoms with Crippen molar-refractivity contribution in [1.82, 2.24) is 28.7 Å². The van der Waals surface area contributed by atoms with Gasteiger partial charge < -0.3 is 38.2 Å². The molecule has 0 spiro atoms. The summed E-state index contributed by atoms with van der Waals surface area (Å²) < 4.78 is 348. The van der Waals surface area contributed by atoms with E-state index in [1.807, 2.05) is 4.90 Å². The Morgan fingerprint density at radius 3 is 1.63 bits per heavy atom. The molecule has 550 valence electrons. The second-order valence-electron chi connectivity index (χ2n) is 24.0. The first-order chi connectivity index (χ1) is 59.6. The van der Waals surface area contributed by atoms with Crippen molar-refractivity contribution in [3.8, 4) is 22.3 Å². The number of ether oxygens (including phenoxy) is 2. The highest BCUT2D eigenvalue weighted by atomic mass is 32.2. The maximum absolute atomic E-state index is 15.5. The van der Waals surface area contributed by atoms with Gasteiger partial charge in [-0.3, -0.25) is 19.2 Å². The first-order valence-corrected chi connectivity index (χ1v) is 33.9. The van der Waals surface area contributed by atoms with Crippen LogP contribution in [0, 0.1) is 30.2 Å². The number of amides is 2. The van der Waals surface area contributed by atoms with E-state index in [0.29, 0.717) is 58.9 Å². The van der Waals surface area contributed by atoms with E-state index in [4.69, 9.17) is 41.0 Å². The number of aromatic nitrogens is 2. The molecule has 0 aliphatic carbocycles. The number of fused-ring (bicyclic) bond motifs is 2. The summed E-state index contributed by atoms with van der Waals surface area (Å²) in [5, 5.41) is -1.33. The van der Waals surface area contributed by atoms with Crippen LogP contribution in [0.1, 0.15) is 96.2 Å². The van der Waals surface area contributed by atoms with Gasteiger partial charge in [-0.1, -0.05) is 121 Å². The first-order valence-electron chi connectivity index (χ1n) is 43.8. The number of thioether (sulfide) groups is 2. The van der Waals surface area contributed by atoms with Gasteiger partial charge in [-0.2, -0.15) is 26.3 Å². The summed E-state index contributed by atoms with van der Waals surface area (Å²) in [6, 6.07) is 4.31. The molecule has 105 heavy (non-hydrogen) atoms. The highest BCUT2D eigenvalue weighted by Crippen LogP contribution is 2.36. The Hall–Kier alpha value is -9.04. The number of alkyl halides is 6. The molecule has 4 heterocycles. The second-order valence-corrected chi connectivity index (χ2v) is 25.7. The molecule has 2 saturated heterocycles. The van der Waals surface area contributed by atoms with Crippen LogP contribution in [0.25, 0.3) is 44.1 Å². The molecule has 8 aromatic carbocycles. The van der Waals surface area contributed by atoms with Crippen molar-refractivity contribution < 1.29 is 94.5 Å². The molecule has 0 atom stereocenters. The van der Waals surface area contributed by atoms with Gasteiger partial charge in [-0.05, 0) is 127 Å². The number of carbonyl (C=O) groups is 2. The number of rotatable bonds is 24. The van der Waals surface area contributed by atoms with E-state index in [9.17, 15) is 53.9 Å². The number of hydrogen-bond donors (Lipinski definition) is 0. The molecule has 0 saturated carbocycles. The van der Waals surface area contributed by atoms with Gasteiger partial charge >= 0.3 is 12.4 Å². The molecule has 2 aliphatic heterocycles. The molecule has 2 aromatic heterocycles. The van der Waals surface area contributed by atoms with Gasteiger partial charge in [-0.15, -0.1) is 23.5 Å². The van der Waals surface area contributed by atoms with Crippen molar-refractivity contribution in [2.45, 2.75) is 105 Å². The van der Waals surface area contributed by atoms with Crippen molar-refractivity contribution in [2.24, 2.45) is 0 Å². The fourth-order valence-corrected chi connectivity index (χ4v) is 13.3. The number of hydrogen-bond acceptors (Lipinski definition) is 10. The molecule has 12 rings (SSSR count). The molecule has 0 radical (unpaired) electrons. The number of nitrogens with zero attached hydrogens (tertiary/aromatic N) is 6. The molecule has 2 amide bonds. The SMILES string of the molecule is [2H]C([2H])(CN1CCC(N(Cc2ccc(-c3ccc(C(F)(F)F)cc3)cc2)C(=O)Cn2c(SC([2H])([2H])c3cccc(F)c3F)cc(=O)c3ccccc32)CC1)OC.[2H]c1c([2H])c(F)c(F)c(C([2H])([2H])Sc2c([2H])c(=O)c3c([2H])c(C)c([2H])c([2H])c3n2CC(=O)N(Cc2c([2H])c([2H])c(-c3c([2H])c([2H])c(C(F)(F)F)c([2H])c3[2H])c([2H])c2[2H])C2CCN(CC([2H])([2H])OC)CC2)c1[2H]. The van der Waals surface area contributed by atoms with Gasteiger partial charge in [0.05, 0.1) is 71.4 Å². The Balaban J connectivity index is 0.000000256. The van der Waals surface area contributed by atoms with Crippen LogP contribution in [0.2, 0.25) is 0 Å². The summed E-state index contributed by atoms with van der Waals surface area (Å²) in [6.07, 6.45) is -8.89. The lowest BCUT2D eigenvalue weighted by Gasteiger charge is -2.39. The van der Waals surface area contributed by atoms with Crippen molar-refractivity contribution >= 4 is 57.1 Å². The highest BCUT2D eigenvalue weighted by Gasteiger charge is 2.34. The summed E-state index contributed by atoms with van der Waals surface area (Å²) in [5.74, 6) is -8.19. The minimum atomic E-state index is -5.37. The smallest absolute Gasteiger partial charge is 0.383 e. The van der Waals surface area contributed by atoms with E-state index < -0.39 is 242 Å². The molecule has 12 nitrogen and oxygen atoms in total. The maximum Gasteiger partial charge on any atom is 0.416 e. The molecular weight excluding hydrogens is 1410 g/mol. The van der Waals surface area contributed by atoms with Crippen LogP contribution in [-0.2, 0) is 69.0 Å². The Kier molecular flexibility index (Phi) is 17.3. The van der Waals surface area contributed by atoms with Gasteiger partial charge in [0.1, 0.15) is 13.1 Å². The third-order valence-electron chi connectivity index (χ3n) is 17.2. The van der Waals surface area contributed by atoms with Crippen LogP contribution in [0.15, 0.2) is 207 Å².